The van der Waals surface area contributed by atoms with E-state index >= 15 is 0 Å². The second-order valence-electron chi connectivity index (χ2n) is 10.9. The number of benzene rings is 5. The molecule has 0 saturated heterocycles. The third-order valence-electron chi connectivity index (χ3n) is 8.13. The molecule has 0 aliphatic carbocycles. The molecule has 4 nitrogen and oxygen atoms in total. The molecule has 8 rings (SSSR count). The Bertz CT molecular complexity index is 2010. The van der Waals surface area contributed by atoms with Crippen molar-refractivity contribution in [1.82, 2.24) is 19.1 Å². The van der Waals surface area contributed by atoms with Crippen molar-refractivity contribution in [2.24, 2.45) is 0 Å². The van der Waals surface area contributed by atoms with Crippen LogP contribution in [0.3, 0.4) is 0 Å². The maximum absolute atomic E-state index is 5.26. The summed E-state index contributed by atoms with van der Waals surface area (Å²) in [6.45, 7) is 4.44. The minimum absolute atomic E-state index is 0.410. The van der Waals surface area contributed by atoms with Gasteiger partial charge in [0.25, 0.3) is 0 Å². The summed E-state index contributed by atoms with van der Waals surface area (Å²) in [6, 6.07) is 45.0. The minimum Gasteiger partial charge on any atom is -0.294 e. The summed E-state index contributed by atoms with van der Waals surface area (Å²) in [5.74, 6) is 2.81. The van der Waals surface area contributed by atoms with Gasteiger partial charge in [-0.15, -0.1) is 0 Å². The minimum atomic E-state index is 0.410. The van der Waals surface area contributed by atoms with Gasteiger partial charge in [-0.3, -0.25) is 9.13 Å². The summed E-state index contributed by atoms with van der Waals surface area (Å²) in [6.07, 6.45) is 0. The molecule has 0 atom stereocenters. The third kappa shape index (κ3) is 3.68. The van der Waals surface area contributed by atoms with Crippen LogP contribution >= 0.6 is 0 Å². The molecule has 0 fully saturated rings. The van der Waals surface area contributed by atoms with Gasteiger partial charge in [0, 0.05) is 33.2 Å². The van der Waals surface area contributed by atoms with Gasteiger partial charge in [0.15, 0.2) is 5.82 Å². The van der Waals surface area contributed by atoms with Crippen molar-refractivity contribution in [1.29, 1.82) is 0 Å². The van der Waals surface area contributed by atoms with Gasteiger partial charge in [0.05, 0.1) is 22.1 Å². The van der Waals surface area contributed by atoms with Crippen LogP contribution < -0.4 is 0 Å². The number of fused-ring (bicyclic) bond motifs is 6. The molecule has 0 spiro atoms. The highest BCUT2D eigenvalue weighted by Crippen LogP contribution is 2.35. The SMILES string of the molecule is CC(C)c1cccc(-c2nc(-n3c4ccccc4c4ccccc43)cc(-n3c4ccccc4c4ccccc43)n2)c1. The molecule has 5 aromatic carbocycles. The zero-order chi connectivity index (χ0) is 27.5. The van der Waals surface area contributed by atoms with E-state index in [-0.39, 0.29) is 0 Å². The van der Waals surface area contributed by atoms with Crippen molar-refractivity contribution in [2.75, 3.05) is 0 Å². The molecule has 0 saturated carbocycles. The van der Waals surface area contributed by atoms with Gasteiger partial charge in [-0.25, -0.2) is 9.97 Å². The van der Waals surface area contributed by atoms with E-state index in [1.165, 1.54) is 27.1 Å². The summed E-state index contributed by atoms with van der Waals surface area (Å²) in [5, 5.41) is 4.85. The van der Waals surface area contributed by atoms with Crippen LogP contribution in [0.25, 0.3) is 66.6 Å². The largest absolute Gasteiger partial charge is 0.294 e. The molecule has 3 heterocycles. The highest BCUT2D eigenvalue weighted by Gasteiger charge is 2.19. The molecule has 4 heteroatoms. The standard InChI is InChI=1S/C37H28N4/c1-24(2)25-12-11-13-26(22-25)37-38-35(40-31-18-7-3-14-27(31)28-15-4-8-19-32(28)40)23-36(39-37)41-33-20-9-5-16-29(33)30-17-6-10-21-34(30)41/h3-24H,1-2H3. The smallest absolute Gasteiger partial charge is 0.163 e. The predicted molar refractivity (Wildman–Crippen MR) is 170 cm³/mol. The van der Waals surface area contributed by atoms with Crippen LogP contribution in [0.2, 0.25) is 0 Å². The summed E-state index contributed by atoms with van der Waals surface area (Å²) in [5.41, 5.74) is 6.79. The molecule has 0 radical (unpaired) electrons. The zero-order valence-corrected chi connectivity index (χ0v) is 23.0. The fourth-order valence-electron chi connectivity index (χ4n) is 6.16. The molecule has 0 N–H and O–H groups in total. The highest BCUT2D eigenvalue weighted by atomic mass is 15.1. The highest BCUT2D eigenvalue weighted by molar-refractivity contribution is 6.10. The number of nitrogens with zero attached hydrogens (tertiary/aromatic N) is 4. The Kier molecular flexibility index (Phi) is 5.29. The molecular formula is C37H28N4. The average Bonchev–Trinajstić information content (AvgIpc) is 3.54. The van der Waals surface area contributed by atoms with E-state index in [9.17, 15) is 0 Å². The van der Waals surface area contributed by atoms with Crippen molar-refractivity contribution < 1.29 is 0 Å². The molecular weight excluding hydrogens is 500 g/mol. The normalized spacial score (nSPS) is 11.9. The molecule has 196 valence electrons. The Hall–Kier alpha value is -5.22. The Morgan fingerprint density at radius 3 is 1.29 bits per heavy atom. The lowest BCUT2D eigenvalue weighted by molar-refractivity contribution is 0.866. The quantitative estimate of drug-likeness (QED) is 0.228. The Balaban J connectivity index is 1.49. The van der Waals surface area contributed by atoms with Gasteiger partial charge in [0.1, 0.15) is 11.6 Å². The van der Waals surface area contributed by atoms with E-state index in [0.717, 1.165) is 39.3 Å². The van der Waals surface area contributed by atoms with E-state index in [1.54, 1.807) is 0 Å². The van der Waals surface area contributed by atoms with Crippen molar-refractivity contribution in [3.05, 3.63) is 133 Å². The number of rotatable bonds is 4. The van der Waals surface area contributed by atoms with Crippen LogP contribution in [0.15, 0.2) is 127 Å². The van der Waals surface area contributed by atoms with Crippen LogP contribution in [-0.4, -0.2) is 19.1 Å². The average molecular weight is 529 g/mol. The van der Waals surface area contributed by atoms with Crippen molar-refractivity contribution >= 4 is 43.6 Å². The summed E-state index contributed by atoms with van der Waals surface area (Å²) < 4.78 is 4.55. The lowest BCUT2D eigenvalue weighted by Gasteiger charge is -2.14. The zero-order valence-electron chi connectivity index (χ0n) is 23.0. The first-order valence-electron chi connectivity index (χ1n) is 14.1. The first-order valence-corrected chi connectivity index (χ1v) is 14.1. The predicted octanol–water partition coefficient (Wildman–Crippen LogP) is 9.46. The lowest BCUT2D eigenvalue weighted by Crippen LogP contribution is -2.06. The lowest BCUT2D eigenvalue weighted by atomic mass is 10.0. The molecule has 0 amide bonds. The monoisotopic (exact) mass is 528 g/mol. The first-order chi connectivity index (χ1) is 20.2. The fourth-order valence-corrected chi connectivity index (χ4v) is 6.16. The molecule has 0 aliphatic heterocycles. The molecule has 8 aromatic rings. The van der Waals surface area contributed by atoms with E-state index in [1.807, 2.05) is 0 Å². The van der Waals surface area contributed by atoms with Crippen molar-refractivity contribution in [2.45, 2.75) is 19.8 Å². The van der Waals surface area contributed by atoms with E-state index in [2.05, 4.69) is 150 Å². The van der Waals surface area contributed by atoms with Crippen LogP contribution in [0.1, 0.15) is 25.3 Å². The van der Waals surface area contributed by atoms with Gasteiger partial charge >= 0.3 is 0 Å². The second-order valence-corrected chi connectivity index (χ2v) is 10.9. The number of hydrogen-bond donors (Lipinski definition) is 0. The third-order valence-corrected chi connectivity index (χ3v) is 8.13. The van der Waals surface area contributed by atoms with Gasteiger partial charge < -0.3 is 0 Å². The second kappa shape index (κ2) is 9.17. The number of hydrogen-bond acceptors (Lipinski definition) is 2. The Morgan fingerprint density at radius 2 is 0.878 bits per heavy atom. The maximum Gasteiger partial charge on any atom is 0.163 e. The van der Waals surface area contributed by atoms with Crippen LogP contribution in [0.4, 0.5) is 0 Å². The fraction of sp³-hybridized carbons (Fsp3) is 0.0811. The molecule has 3 aromatic heterocycles. The molecule has 0 unspecified atom stereocenters. The van der Waals surface area contributed by atoms with Crippen molar-refractivity contribution in [3.63, 3.8) is 0 Å². The van der Waals surface area contributed by atoms with E-state index in [0.29, 0.717) is 11.7 Å². The van der Waals surface area contributed by atoms with Gasteiger partial charge in [0.2, 0.25) is 0 Å². The van der Waals surface area contributed by atoms with Gasteiger partial charge in [-0.1, -0.05) is 105 Å². The Morgan fingerprint density at radius 1 is 0.463 bits per heavy atom. The molecule has 41 heavy (non-hydrogen) atoms. The topological polar surface area (TPSA) is 35.6 Å². The first kappa shape index (κ1) is 23.6. The molecule has 0 bridgehead atoms. The summed E-state index contributed by atoms with van der Waals surface area (Å²) >= 11 is 0. The van der Waals surface area contributed by atoms with E-state index in [4.69, 9.17) is 9.97 Å². The number of para-hydroxylation sites is 4. The van der Waals surface area contributed by atoms with Gasteiger partial charge in [-0.05, 0) is 41.8 Å². The number of aromatic nitrogens is 4. The van der Waals surface area contributed by atoms with Crippen LogP contribution in [0.5, 0.6) is 0 Å². The van der Waals surface area contributed by atoms with Crippen LogP contribution in [-0.2, 0) is 0 Å². The summed E-state index contributed by atoms with van der Waals surface area (Å²) in [4.78, 5) is 10.5. The molecule has 0 aliphatic rings. The van der Waals surface area contributed by atoms with E-state index < -0.39 is 0 Å². The van der Waals surface area contributed by atoms with Gasteiger partial charge in [-0.2, -0.15) is 0 Å². The van der Waals surface area contributed by atoms with Crippen molar-refractivity contribution in [3.8, 4) is 23.0 Å². The Labute approximate surface area is 238 Å². The summed E-state index contributed by atoms with van der Waals surface area (Å²) in [7, 11) is 0. The van der Waals surface area contributed by atoms with Crippen LogP contribution in [0, 0.1) is 0 Å². The maximum atomic E-state index is 5.26.